The van der Waals surface area contributed by atoms with Gasteiger partial charge < -0.3 is 9.84 Å². The van der Waals surface area contributed by atoms with Crippen molar-refractivity contribution in [1.82, 2.24) is 9.97 Å². The number of nitrogens with zero attached hydrogens (tertiary/aromatic N) is 2. The molecule has 0 fully saturated rings. The molecule has 51 heavy (non-hydrogen) atoms. The fourth-order valence-corrected chi connectivity index (χ4v) is 4.64. The van der Waals surface area contributed by atoms with Gasteiger partial charge in [-0.25, -0.2) is 30.7 Å². The van der Waals surface area contributed by atoms with Gasteiger partial charge >= 0.3 is 23.7 Å². The quantitative estimate of drug-likeness (QED) is 0.209. The zero-order chi connectivity index (χ0) is 38.4. The zero-order valence-corrected chi connectivity index (χ0v) is 24.2. The normalized spacial score (nSPS) is 17.3. The number of benzene rings is 2. The van der Waals surface area contributed by atoms with Crippen molar-refractivity contribution in [2.75, 3.05) is 0 Å². The average Bonchev–Trinajstić information content (AvgIpc) is 3.25. The van der Waals surface area contributed by atoms with E-state index in [2.05, 4.69) is 9.97 Å². The lowest BCUT2D eigenvalue weighted by atomic mass is 10.0. The Morgan fingerprint density at radius 3 is 1.47 bits per heavy atom. The Balaban J connectivity index is 0.000000194. The average molecular weight is 750 g/mol. The molecule has 0 saturated carbocycles. The second-order valence-electron chi connectivity index (χ2n) is 10.1. The van der Waals surface area contributed by atoms with E-state index in [4.69, 9.17) is 9.84 Å². The van der Waals surface area contributed by atoms with Crippen molar-refractivity contribution in [1.29, 1.82) is 0 Å². The molecule has 21 heteroatoms. The van der Waals surface area contributed by atoms with Gasteiger partial charge in [0.15, 0.2) is 0 Å². The zero-order valence-electron chi connectivity index (χ0n) is 24.2. The second kappa shape index (κ2) is 13.4. The summed E-state index contributed by atoms with van der Waals surface area (Å²) in [7, 11) is 0. The Hall–Kier alpha value is -5.37. The molecule has 0 atom stereocenters. The molecule has 0 aliphatic heterocycles. The fourth-order valence-electron chi connectivity index (χ4n) is 4.64. The van der Waals surface area contributed by atoms with Crippen LogP contribution in [0.15, 0.2) is 61.2 Å². The van der Waals surface area contributed by atoms with Gasteiger partial charge in [0.25, 0.3) is 12.9 Å². The van der Waals surface area contributed by atoms with E-state index < -0.39 is 105 Å². The first-order chi connectivity index (χ1) is 23.5. The van der Waals surface area contributed by atoms with Crippen molar-refractivity contribution in [2.45, 2.75) is 36.5 Å². The number of carbonyl (C=O) groups is 2. The second-order valence-corrected chi connectivity index (χ2v) is 10.1. The molecule has 0 spiro atoms. The van der Waals surface area contributed by atoms with Gasteiger partial charge in [-0.3, -0.25) is 19.6 Å². The summed E-state index contributed by atoms with van der Waals surface area (Å²) in [5.74, 6) is -29.5. The molecule has 6 rings (SSSR count). The number of rotatable bonds is 4. The minimum atomic E-state index is -5.15. The summed E-state index contributed by atoms with van der Waals surface area (Å²) in [5.41, 5.74) is -9.33. The lowest BCUT2D eigenvalue weighted by molar-refractivity contribution is -0.176. The van der Waals surface area contributed by atoms with E-state index in [1.165, 1.54) is 6.20 Å². The highest BCUT2D eigenvalue weighted by Gasteiger charge is 2.71. The van der Waals surface area contributed by atoms with Crippen LogP contribution in [0.2, 0.25) is 0 Å². The van der Waals surface area contributed by atoms with Crippen molar-refractivity contribution in [3.8, 4) is 17.2 Å². The highest BCUT2D eigenvalue weighted by Crippen LogP contribution is 2.56. The smallest absolute Gasteiger partial charge is 0.376 e. The van der Waals surface area contributed by atoms with E-state index in [1.54, 1.807) is 0 Å². The van der Waals surface area contributed by atoms with Crippen LogP contribution in [0.1, 0.15) is 55.8 Å². The van der Waals surface area contributed by atoms with Gasteiger partial charge in [-0.2, -0.15) is 35.1 Å². The number of Topliss-reactive ketones (excluding diaryl/α,β-unsaturated/α-hetero) is 2. The molecule has 0 amide bonds. The molecule has 0 radical (unpaired) electrons. The van der Waals surface area contributed by atoms with Crippen LogP contribution in [0.25, 0.3) is 0 Å². The molecule has 0 unspecified atom stereocenters. The number of pyridine rings is 2. The van der Waals surface area contributed by atoms with Gasteiger partial charge in [0, 0.05) is 34.4 Å². The largest absolute Gasteiger partial charge is 0.506 e. The molecule has 1 N–H and O–H groups in total. The lowest BCUT2D eigenvalue weighted by Crippen LogP contribution is -2.38. The third kappa shape index (κ3) is 6.63. The van der Waals surface area contributed by atoms with Gasteiger partial charge in [-0.05, 0) is 24.3 Å². The summed E-state index contributed by atoms with van der Waals surface area (Å²) in [6.45, 7) is 0. The molecular formula is C30H13F15N2O4. The number of aromatic nitrogens is 2. The molecule has 0 bridgehead atoms. The number of hydrogen-bond acceptors (Lipinski definition) is 6. The Morgan fingerprint density at radius 1 is 0.588 bits per heavy atom. The van der Waals surface area contributed by atoms with E-state index in [-0.39, 0.29) is 23.6 Å². The van der Waals surface area contributed by atoms with Crippen molar-refractivity contribution in [3.05, 3.63) is 112 Å². The number of hydrogen-bond donors (Lipinski definition) is 1. The first kappa shape index (κ1) is 38.4. The number of carbonyl (C=O) groups excluding carboxylic acids is 2. The number of fused-ring (bicyclic) bond motifs is 2. The van der Waals surface area contributed by atoms with Gasteiger partial charge in [-0.15, -0.1) is 0 Å². The number of alkyl halides is 12. The summed E-state index contributed by atoms with van der Waals surface area (Å²) in [5, 5.41) is 8.51. The number of ketones is 2. The van der Waals surface area contributed by atoms with Gasteiger partial charge in [0.2, 0.25) is 11.6 Å². The molecule has 6 nitrogen and oxygen atoms in total. The van der Waals surface area contributed by atoms with E-state index in [9.17, 15) is 75.4 Å². The summed E-state index contributed by atoms with van der Waals surface area (Å²) < 4.78 is 202. The third-order valence-corrected chi connectivity index (χ3v) is 6.92. The van der Waals surface area contributed by atoms with Crippen LogP contribution >= 0.6 is 0 Å². The predicted octanol–water partition coefficient (Wildman–Crippen LogP) is 9.49. The van der Waals surface area contributed by atoms with Gasteiger partial charge in [0.1, 0.15) is 34.7 Å². The minimum Gasteiger partial charge on any atom is -0.506 e. The van der Waals surface area contributed by atoms with Crippen LogP contribution in [-0.4, -0.2) is 38.5 Å². The van der Waals surface area contributed by atoms with Gasteiger partial charge in [-0.1, -0.05) is 0 Å². The van der Waals surface area contributed by atoms with Crippen molar-refractivity contribution >= 4 is 11.6 Å². The summed E-state index contributed by atoms with van der Waals surface area (Å²) in [6.07, 6.45) is -3.30. The SMILES string of the molecule is O=C1c2c(ccc(F)c2C(F)F)C(F)(F)C1(F)F.O=C1c2c(ccc(Oc3cncc(F)c3)c2C(F)F)C(F)(F)C1(F)F.Oc1cncc(F)c1. The maximum absolute atomic E-state index is 13.7. The standard InChI is InChI=1S/C15H6F7NO2.C10H3F7O.C5H4FNO/c16-6-3-7(5-23-4-6)25-9-2-1-8-10(11(9)13(17)18)12(24)15(21,22)14(8,19)20;11-4-2-1-3-5(6(4)8(12)13)7(18)10(16,17)9(3,14)15;6-4-1-5(8)3-7-2-4/h1-5,13H;1-2,8H;1-3,8H. The number of halogens is 15. The molecule has 2 aliphatic carbocycles. The first-order valence-corrected chi connectivity index (χ1v) is 13.2. The van der Waals surface area contributed by atoms with E-state index in [0.29, 0.717) is 12.1 Å². The summed E-state index contributed by atoms with van der Waals surface area (Å²) >= 11 is 0. The molecule has 272 valence electrons. The Labute approximate surface area is 273 Å². The highest BCUT2D eigenvalue weighted by molar-refractivity contribution is 6.09. The highest BCUT2D eigenvalue weighted by atomic mass is 19.3. The fraction of sp³-hybridized carbons (Fsp3) is 0.200. The molecule has 2 aromatic carbocycles. The summed E-state index contributed by atoms with van der Waals surface area (Å²) in [6, 6.07) is 3.17. The Kier molecular flexibility index (Phi) is 10.1. The minimum absolute atomic E-state index is 0.148. The van der Waals surface area contributed by atoms with Crippen molar-refractivity contribution < 1.29 is 85.3 Å². The molecular weight excluding hydrogens is 737 g/mol. The van der Waals surface area contributed by atoms with Crippen LogP contribution in [0, 0.1) is 17.5 Å². The predicted molar refractivity (Wildman–Crippen MR) is 139 cm³/mol. The van der Waals surface area contributed by atoms with Crippen LogP contribution in [0.4, 0.5) is 65.9 Å². The van der Waals surface area contributed by atoms with E-state index in [0.717, 1.165) is 30.7 Å². The van der Waals surface area contributed by atoms with Crippen molar-refractivity contribution in [2.24, 2.45) is 0 Å². The van der Waals surface area contributed by atoms with Crippen LogP contribution in [-0.2, 0) is 11.8 Å². The van der Waals surface area contributed by atoms with Crippen LogP contribution in [0.5, 0.6) is 17.2 Å². The summed E-state index contributed by atoms with van der Waals surface area (Å²) in [4.78, 5) is 29.5. The molecule has 0 saturated heterocycles. The van der Waals surface area contributed by atoms with Crippen LogP contribution in [0.3, 0.4) is 0 Å². The molecule has 2 heterocycles. The van der Waals surface area contributed by atoms with Gasteiger partial charge in [0.05, 0.1) is 35.9 Å². The first-order valence-electron chi connectivity index (χ1n) is 13.2. The van der Waals surface area contributed by atoms with E-state index in [1.807, 2.05) is 0 Å². The molecule has 4 aromatic rings. The molecule has 2 aromatic heterocycles. The molecule has 2 aliphatic rings. The number of aromatic hydroxyl groups is 1. The topological polar surface area (TPSA) is 89.4 Å². The Bertz CT molecular complexity index is 1990. The monoisotopic (exact) mass is 750 g/mol. The third-order valence-electron chi connectivity index (χ3n) is 6.92. The maximum atomic E-state index is 13.7. The Morgan fingerprint density at radius 2 is 1.04 bits per heavy atom. The van der Waals surface area contributed by atoms with Crippen LogP contribution < -0.4 is 4.74 Å². The number of ether oxygens (including phenoxy) is 1. The van der Waals surface area contributed by atoms with Crippen molar-refractivity contribution in [3.63, 3.8) is 0 Å². The lowest BCUT2D eigenvalue weighted by Gasteiger charge is -2.17. The maximum Gasteiger partial charge on any atom is 0.376 e. The van der Waals surface area contributed by atoms with E-state index >= 15 is 0 Å².